The van der Waals surface area contributed by atoms with Crippen LogP contribution >= 0.6 is 11.8 Å². The lowest BCUT2D eigenvalue weighted by atomic mass is 10.2. The minimum absolute atomic E-state index is 0.177. The van der Waals surface area contributed by atoms with Crippen LogP contribution in [-0.4, -0.2) is 34.5 Å². The largest absolute Gasteiger partial charge is 0.497 e. The van der Waals surface area contributed by atoms with Gasteiger partial charge in [0.2, 0.25) is 0 Å². The lowest BCUT2D eigenvalue weighted by Gasteiger charge is -2.05. The number of thioether (sulfide) groups is 1. The predicted molar refractivity (Wildman–Crippen MR) is 105 cm³/mol. The molecule has 0 radical (unpaired) electrons. The quantitative estimate of drug-likeness (QED) is 0.395. The maximum absolute atomic E-state index is 12.0. The van der Waals surface area contributed by atoms with Crippen molar-refractivity contribution in [1.82, 2.24) is 15.0 Å². The average Bonchev–Trinajstić information content (AvgIpc) is 3.04. The van der Waals surface area contributed by atoms with Crippen LogP contribution in [0.15, 0.2) is 58.8 Å². The smallest absolute Gasteiger partial charge is 0.250 e. The molecule has 2 aromatic carbocycles. The van der Waals surface area contributed by atoms with Crippen molar-refractivity contribution in [1.29, 1.82) is 0 Å². The molecule has 0 bridgehead atoms. The van der Waals surface area contributed by atoms with Gasteiger partial charge in [-0.25, -0.2) is 10.4 Å². The van der Waals surface area contributed by atoms with Crippen LogP contribution < -0.4 is 10.2 Å². The molecule has 3 aromatic rings. The number of aromatic nitrogens is 2. The fourth-order valence-electron chi connectivity index (χ4n) is 2.53. The van der Waals surface area contributed by atoms with Crippen molar-refractivity contribution in [2.24, 2.45) is 5.10 Å². The molecule has 0 aliphatic carbocycles. The van der Waals surface area contributed by atoms with Crippen LogP contribution in [0.4, 0.5) is 0 Å². The van der Waals surface area contributed by atoms with Gasteiger partial charge in [-0.1, -0.05) is 36.0 Å². The molecule has 0 atom stereocenters. The highest BCUT2D eigenvalue weighted by Gasteiger charge is 2.11. The zero-order chi connectivity index (χ0) is 18.4. The molecule has 0 fully saturated rings. The summed E-state index contributed by atoms with van der Waals surface area (Å²) in [5.41, 5.74) is 5.41. The molecular formula is C19H20N4O2S. The van der Waals surface area contributed by atoms with Crippen molar-refractivity contribution in [3.8, 4) is 5.75 Å². The monoisotopic (exact) mass is 368 g/mol. The molecule has 0 saturated carbocycles. The van der Waals surface area contributed by atoms with Gasteiger partial charge in [0.15, 0.2) is 5.16 Å². The normalized spacial score (nSPS) is 11.2. The molecule has 0 unspecified atom stereocenters. The molecule has 3 rings (SSSR count). The first kappa shape index (κ1) is 18.0. The second-order valence-corrected chi connectivity index (χ2v) is 6.43. The molecule has 26 heavy (non-hydrogen) atoms. The molecule has 0 saturated heterocycles. The van der Waals surface area contributed by atoms with Crippen molar-refractivity contribution in [3.05, 3.63) is 54.1 Å². The van der Waals surface area contributed by atoms with Gasteiger partial charge in [0, 0.05) is 6.54 Å². The molecule has 1 aromatic heterocycles. The Morgan fingerprint density at radius 3 is 2.96 bits per heavy atom. The summed E-state index contributed by atoms with van der Waals surface area (Å²) in [6, 6.07) is 15.4. The molecule has 0 aliphatic heterocycles. The Balaban J connectivity index is 1.58. The third-order valence-electron chi connectivity index (χ3n) is 3.76. The number of fused-ring (bicyclic) bond motifs is 1. The summed E-state index contributed by atoms with van der Waals surface area (Å²) >= 11 is 1.40. The van der Waals surface area contributed by atoms with Crippen molar-refractivity contribution >= 4 is 34.9 Å². The Morgan fingerprint density at radius 1 is 1.31 bits per heavy atom. The molecule has 1 heterocycles. The number of nitrogens with zero attached hydrogens (tertiary/aromatic N) is 3. The van der Waals surface area contributed by atoms with Crippen molar-refractivity contribution in [3.63, 3.8) is 0 Å². The Morgan fingerprint density at radius 2 is 2.15 bits per heavy atom. The van der Waals surface area contributed by atoms with Crippen LogP contribution in [0.2, 0.25) is 0 Å². The van der Waals surface area contributed by atoms with Crippen LogP contribution in [0.3, 0.4) is 0 Å². The van der Waals surface area contributed by atoms with E-state index in [-0.39, 0.29) is 11.7 Å². The molecule has 1 amide bonds. The molecule has 134 valence electrons. The number of hydrogen-bond acceptors (Lipinski definition) is 5. The summed E-state index contributed by atoms with van der Waals surface area (Å²) < 4.78 is 7.26. The zero-order valence-electron chi connectivity index (χ0n) is 14.7. The standard InChI is InChI=1S/C19H20N4O2S/c1-3-23-17-10-5-4-9-16(17)21-19(23)26-13-18(24)22-20-12-14-7-6-8-15(11-14)25-2/h4-12H,3,13H2,1-2H3,(H,22,24)/b20-12+. The maximum Gasteiger partial charge on any atom is 0.250 e. The number of methoxy groups -OCH3 is 1. The first-order valence-corrected chi connectivity index (χ1v) is 9.24. The third kappa shape index (κ3) is 4.23. The van der Waals surface area contributed by atoms with Crippen LogP contribution in [-0.2, 0) is 11.3 Å². The van der Waals surface area contributed by atoms with Crippen molar-refractivity contribution in [2.45, 2.75) is 18.6 Å². The summed E-state index contributed by atoms with van der Waals surface area (Å²) in [6.07, 6.45) is 1.59. The van der Waals surface area contributed by atoms with E-state index in [0.29, 0.717) is 0 Å². The lowest BCUT2D eigenvalue weighted by Crippen LogP contribution is -2.20. The number of carbonyl (C=O) groups is 1. The number of ether oxygens (including phenoxy) is 1. The first-order valence-electron chi connectivity index (χ1n) is 8.25. The number of hydrazone groups is 1. The van der Waals surface area contributed by atoms with Gasteiger partial charge in [0.1, 0.15) is 5.75 Å². The van der Waals surface area contributed by atoms with E-state index in [1.165, 1.54) is 11.8 Å². The Bertz CT molecular complexity index is 936. The summed E-state index contributed by atoms with van der Waals surface area (Å²) in [5.74, 6) is 0.817. The highest BCUT2D eigenvalue weighted by molar-refractivity contribution is 7.99. The number of para-hydroxylation sites is 2. The van der Waals surface area contributed by atoms with E-state index in [9.17, 15) is 4.79 Å². The number of carbonyl (C=O) groups excluding carboxylic acids is 1. The van der Waals surface area contributed by atoms with Crippen LogP contribution in [0.25, 0.3) is 11.0 Å². The summed E-state index contributed by atoms with van der Waals surface area (Å²) in [6.45, 7) is 2.87. The molecule has 1 N–H and O–H groups in total. The van der Waals surface area contributed by atoms with Gasteiger partial charge in [0.05, 0.1) is 30.1 Å². The average molecular weight is 368 g/mol. The second-order valence-electron chi connectivity index (χ2n) is 5.49. The highest BCUT2D eigenvalue weighted by Crippen LogP contribution is 2.23. The fourth-order valence-corrected chi connectivity index (χ4v) is 3.40. The van der Waals surface area contributed by atoms with E-state index in [4.69, 9.17) is 4.74 Å². The topological polar surface area (TPSA) is 68.5 Å². The van der Waals surface area contributed by atoms with Gasteiger partial charge in [0.25, 0.3) is 5.91 Å². The number of amides is 1. The Kier molecular flexibility index (Phi) is 5.91. The van der Waals surface area contributed by atoms with E-state index in [1.54, 1.807) is 13.3 Å². The number of nitrogens with one attached hydrogen (secondary N) is 1. The summed E-state index contributed by atoms with van der Waals surface area (Å²) in [5, 5.41) is 4.83. The SMILES string of the molecule is CCn1c(SCC(=O)N/N=C/c2cccc(OC)c2)nc2ccccc21. The lowest BCUT2D eigenvalue weighted by molar-refractivity contribution is -0.118. The zero-order valence-corrected chi connectivity index (χ0v) is 15.5. The Hall–Kier alpha value is -2.80. The molecule has 7 heteroatoms. The van der Waals surface area contributed by atoms with Gasteiger partial charge in [-0.3, -0.25) is 4.79 Å². The first-order chi connectivity index (χ1) is 12.7. The van der Waals surface area contributed by atoms with Crippen LogP contribution in [0.5, 0.6) is 5.75 Å². The van der Waals surface area contributed by atoms with Gasteiger partial charge < -0.3 is 9.30 Å². The van der Waals surface area contributed by atoms with E-state index < -0.39 is 0 Å². The van der Waals surface area contributed by atoms with Gasteiger partial charge in [-0.05, 0) is 36.8 Å². The molecule has 0 aliphatic rings. The predicted octanol–water partition coefficient (Wildman–Crippen LogP) is 3.31. The number of rotatable bonds is 7. The minimum Gasteiger partial charge on any atom is -0.497 e. The third-order valence-corrected chi connectivity index (χ3v) is 4.74. The number of aryl methyl sites for hydroxylation is 1. The van der Waals surface area contributed by atoms with Crippen molar-refractivity contribution in [2.75, 3.05) is 12.9 Å². The van der Waals surface area contributed by atoms with Gasteiger partial charge in [-0.15, -0.1) is 0 Å². The van der Waals surface area contributed by atoms with Gasteiger partial charge >= 0.3 is 0 Å². The maximum atomic E-state index is 12.0. The van der Waals surface area contributed by atoms with E-state index in [0.717, 1.165) is 34.0 Å². The number of imidazole rings is 1. The van der Waals surface area contributed by atoms with Crippen LogP contribution in [0, 0.1) is 0 Å². The van der Waals surface area contributed by atoms with Gasteiger partial charge in [-0.2, -0.15) is 5.10 Å². The summed E-state index contributed by atoms with van der Waals surface area (Å²) in [4.78, 5) is 16.6. The van der Waals surface area contributed by atoms with E-state index >= 15 is 0 Å². The summed E-state index contributed by atoms with van der Waals surface area (Å²) in [7, 11) is 1.61. The van der Waals surface area contributed by atoms with E-state index in [2.05, 4.69) is 27.0 Å². The molecule has 6 nitrogen and oxygen atoms in total. The number of benzene rings is 2. The highest BCUT2D eigenvalue weighted by atomic mass is 32.2. The molecular weight excluding hydrogens is 348 g/mol. The van der Waals surface area contributed by atoms with E-state index in [1.807, 2.05) is 48.5 Å². The second kappa shape index (κ2) is 8.53. The number of hydrogen-bond donors (Lipinski definition) is 1. The minimum atomic E-state index is -0.177. The molecule has 0 spiro atoms. The van der Waals surface area contributed by atoms with Crippen LogP contribution in [0.1, 0.15) is 12.5 Å². The fraction of sp³-hybridized carbons (Fsp3) is 0.211. The van der Waals surface area contributed by atoms with Crippen molar-refractivity contribution < 1.29 is 9.53 Å². The Labute approximate surface area is 156 Å².